The molecule has 27 heavy (non-hydrogen) atoms. The van der Waals surface area contributed by atoms with Crippen molar-refractivity contribution in [3.63, 3.8) is 0 Å². The Labute approximate surface area is 157 Å². The van der Waals surface area contributed by atoms with Gasteiger partial charge in [0.25, 0.3) is 5.91 Å². The van der Waals surface area contributed by atoms with Crippen LogP contribution >= 0.6 is 0 Å². The van der Waals surface area contributed by atoms with Crippen LogP contribution in [0.4, 0.5) is 4.39 Å². The molecule has 0 spiro atoms. The Morgan fingerprint density at radius 3 is 2.59 bits per heavy atom. The quantitative estimate of drug-likeness (QED) is 0.670. The minimum atomic E-state index is -0.272. The lowest BCUT2D eigenvalue weighted by molar-refractivity contribution is 0.0729. The number of hydrogen-bond donors (Lipinski definition) is 0. The summed E-state index contributed by atoms with van der Waals surface area (Å²) < 4.78 is 18.5. The van der Waals surface area contributed by atoms with Gasteiger partial charge in [0.2, 0.25) is 0 Å². The molecular weight excluding hydrogens is 343 g/mol. The van der Waals surface area contributed by atoms with Crippen LogP contribution in [-0.4, -0.2) is 28.9 Å². The highest BCUT2D eigenvalue weighted by Crippen LogP contribution is 2.31. The van der Waals surface area contributed by atoms with Crippen molar-refractivity contribution in [2.75, 3.05) is 7.11 Å². The van der Waals surface area contributed by atoms with Gasteiger partial charge in [-0.2, -0.15) is 0 Å². The second-order valence-electron chi connectivity index (χ2n) is 6.97. The van der Waals surface area contributed by atoms with E-state index < -0.39 is 0 Å². The molecule has 1 aliphatic carbocycles. The largest absolute Gasteiger partial charge is 0.497 e. The lowest BCUT2D eigenvalue weighted by Gasteiger charge is -2.23. The molecule has 0 unspecified atom stereocenters. The predicted molar refractivity (Wildman–Crippen MR) is 102 cm³/mol. The molecule has 0 N–H and O–H groups in total. The van der Waals surface area contributed by atoms with Gasteiger partial charge in [0.15, 0.2) is 0 Å². The molecule has 4 nitrogen and oxygen atoms in total. The molecule has 0 aliphatic heterocycles. The van der Waals surface area contributed by atoms with Gasteiger partial charge in [-0.1, -0.05) is 12.1 Å². The molecule has 3 aromatic rings. The Hall–Kier alpha value is -2.95. The number of halogens is 1. The summed E-state index contributed by atoms with van der Waals surface area (Å²) in [6.45, 7) is 2.33. The highest BCUT2D eigenvalue weighted by atomic mass is 19.1. The normalized spacial score (nSPS) is 13.6. The Bertz CT molecular complexity index is 997. The van der Waals surface area contributed by atoms with Gasteiger partial charge in [-0.25, -0.2) is 4.39 Å². The van der Waals surface area contributed by atoms with Gasteiger partial charge in [-0.3, -0.25) is 9.78 Å². The van der Waals surface area contributed by atoms with Crippen LogP contribution in [0.1, 0.15) is 34.5 Å². The smallest absolute Gasteiger partial charge is 0.256 e. The highest BCUT2D eigenvalue weighted by Gasteiger charge is 2.33. The fourth-order valence-corrected chi connectivity index (χ4v) is 3.29. The molecule has 0 radical (unpaired) electrons. The predicted octanol–water partition coefficient (Wildman–Crippen LogP) is 4.50. The zero-order valence-electron chi connectivity index (χ0n) is 15.4. The van der Waals surface area contributed by atoms with E-state index in [1.165, 1.54) is 12.1 Å². The van der Waals surface area contributed by atoms with Crippen LogP contribution in [0.3, 0.4) is 0 Å². The van der Waals surface area contributed by atoms with Crippen molar-refractivity contribution >= 4 is 16.8 Å². The molecule has 4 rings (SSSR count). The molecular formula is C22H21FN2O2. The number of aromatic nitrogens is 1. The number of aryl methyl sites for hydroxylation is 1. The minimum Gasteiger partial charge on any atom is -0.497 e. The summed E-state index contributed by atoms with van der Waals surface area (Å²) in [6, 6.07) is 14.1. The minimum absolute atomic E-state index is 0.0310. The number of carbonyl (C=O) groups excluding carboxylic acids is 1. The average molecular weight is 364 g/mol. The molecule has 1 fully saturated rings. The first kappa shape index (κ1) is 17.5. The average Bonchev–Trinajstić information content (AvgIpc) is 3.51. The first-order valence-electron chi connectivity index (χ1n) is 9.06. The molecule has 0 saturated heterocycles. The lowest BCUT2D eigenvalue weighted by Crippen LogP contribution is -2.33. The summed E-state index contributed by atoms with van der Waals surface area (Å²) in [5.41, 5.74) is 3.07. The third-order valence-electron chi connectivity index (χ3n) is 4.96. The SMILES string of the molecule is COc1ccc2nc(C)c(C(=O)N(Cc3ccc(F)cc3)C3CC3)cc2c1. The number of rotatable bonds is 5. The van der Waals surface area contributed by atoms with Crippen molar-refractivity contribution in [1.29, 1.82) is 0 Å². The number of carbonyl (C=O) groups is 1. The van der Waals surface area contributed by atoms with Gasteiger partial charge in [-0.05, 0) is 61.7 Å². The number of benzene rings is 2. The Morgan fingerprint density at radius 1 is 1.19 bits per heavy atom. The van der Waals surface area contributed by atoms with Crippen LogP contribution in [0.2, 0.25) is 0 Å². The summed E-state index contributed by atoms with van der Waals surface area (Å²) in [6.07, 6.45) is 2.00. The molecule has 2 aromatic carbocycles. The van der Waals surface area contributed by atoms with Gasteiger partial charge < -0.3 is 9.64 Å². The highest BCUT2D eigenvalue weighted by molar-refractivity contribution is 5.99. The number of ether oxygens (including phenoxy) is 1. The zero-order chi connectivity index (χ0) is 19.0. The molecule has 1 aromatic heterocycles. The van der Waals surface area contributed by atoms with Gasteiger partial charge in [0.1, 0.15) is 11.6 Å². The van der Waals surface area contributed by atoms with Gasteiger partial charge in [-0.15, -0.1) is 0 Å². The summed E-state index contributed by atoms with van der Waals surface area (Å²) in [5.74, 6) is 0.431. The van der Waals surface area contributed by atoms with Crippen molar-refractivity contribution < 1.29 is 13.9 Å². The molecule has 5 heteroatoms. The van der Waals surface area contributed by atoms with E-state index in [9.17, 15) is 9.18 Å². The number of methoxy groups -OCH3 is 1. The summed E-state index contributed by atoms with van der Waals surface area (Å²) in [4.78, 5) is 19.8. The molecule has 138 valence electrons. The molecule has 0 atom stereocenters. The van der Waals surface area contributed by atoms with E-state index in [4.69, 9.17) is 4.74 Å². The number of nitrogens with zero attached hydrogens (tertiary/aromatic N) is 2. The maximum Gasteiger partial charge on any atom is 0.256 e. The van der Waals surface area contributed by atoms with Crippen LogP contribution in [0.5, 0.6) is 5.75 Å². The Balaban J connectivity index is 1.68. The van der Waals surface area contributed by atoms with Crippen LogP contribution in [0, 0.1) is 12.7 Å². The molecule has 1 aliphatic rings. The van der Waals surface area contributed by atoms with Gasteiger partial charge >= 0.3 is 0 Å². The Kier molecular flexibility index (Phi) is 4.52. The number of hydrogen-bond acceptors (Lipinski definition) is 3. The van der Waals surface area contributed by atoms with E-state index in [0.717, 1.165) is 35.1 Å². The number of fused-ring (bicyclic) bond motifs is 1. The number of amides is 1. The first-order valence-corrected chi connectivity index (χ1v) is 9.06. The fraction of sp³-hybridized carbons (Fsp3) is 0.273. The fourth-order valence-electron chi connectivity index (χ4n) is 3.29. The Morgan fingerprint density at radius 2 is 1.93 bits per heavy atom. The maximum absolute atomic E-state index is 13.3. The molecule has 1 amide bonds. The van der Waals surface area contributed by atoms with Gasteiger partial charge in [0, 0.05) is 18.0 Å². The van der Waals surface area contributed by atoms with Crippen molar-refractivity contribution in [2.45, 2.75) is 32.4 Å². The van der Waals surface area contributed by atoms with Gasteiger partial charge in [0.05, 0.1) is 23.9 Å². The second-order valence-corrected chi connectivity index (χ2v) is 6.97. The third kappa shape index (κ3) is 3.63. The van der Waals surface area contributed by atoms with Crippen molar-refractivity contribution in [1.82, 2.24) is 9.88 Å². The lowest BCUT2D eigenvalue weighted by atomic mass is 10.1. The van der Waals surface area contributed by atoms with Crippen molar-refractivity contribution in [3.8, 4) is 5.75 Å². The van der Waals surface area contributed by atoms with Crippen LogP contribution in [-0.2, 0) is 6.54 Å². The summed E-state index contributed by atoms with van der Waals surface area (Å²) in [7, 11) is 1.62. The topological polar surface area (TPSA) is 42.4 Å². The monoisotopic (exact) mass is 364 g/mol. The van der Waals surface area contributed by atoms with E-state index in [1.54, 1.807) is 19.2 Å². The summed E-state index contributed by atoms with van der Waals surface area (Å²) in [5, 5.41) is 0.876. The zero-order valence-corrected chi connectivity index (χ0v) is 15.4. The molecule has 1 saturated carbocycles. The van der Waals surface area contributed by atoms with Crippen LogP contribution < -0.4 is 4.74 Å². The summed E-state index contributed by atoms with van der Waals surface area (Å²) >= 11 is 0. The van der Waals surface area contributed by atoms with Crippen LogP contribution in [0.25, 0.3) is 10.9 Å². The van der Waals surface area contributed by atoms with Crippen molar-refractivity contribution in [3.05, 3.63) is 71.2 Å². The van der Waals surface area contributed by atoms with Crippen LogP contribution in [0.15, 0.2) is 48.5 Å². The second kappa shape index (κ2) is 6.99. The standard InChI is InChI=1S/C22H21FN2O2/c1-14-20(12-16-11-19(27-2)9-10-21(16)24-14)22(26)25(18-7-8-18)13-15-3-5-17(23)6-4-15/h3-6,9-12,18H,7-8,13H2,1-2H3. The third-order valence-corrected chi connectivity index (χ3v) is 4.96. The van der Waals surface area contributed by atoms with E-state index in [0.29, 0.717) is 17.8 Å². The molecule has 0 bridgehead atoms. The van der Waals surface area contributed by atoms with E-state index in [1.807, 2.05) is 36.1 Å². The van der Waals surface area contributed by atoms with Crippen molar-refractivity contribution in [2.24, 2.45) is 0 Å². The van der Waals surface area contributed by atoms with E-state index >= 15 is 0 Å². The first-order chi connectivity index (χ1) is 13.0. The maximum atomic E-state index is 13.3. The van der Waals surface area contributed by atoms with E-state index in [2.05, 4.69) is 4.98 Å². The van der Waals surface area contributed by atoms with E-state index in [-0.39, 0.29) is 17.8 Å². The molecule has 1 heterocycles. The number of pyridine rings is 1.